The molecule has 0 fully saturated rings. The van der Waals surface area contributed by atoms with E-state index in [1.165, 1.54) is 24.5 Å². The highest BCUT2D eigenvalue weighted by Crippen LogP contribution is 2.15. The lowest BCUT2D eigenvalue weighted by atomic mass is 10.1. The van der Waals surface area contributed by atoms with Crippen LogP contribution in [0.1, 0.15) is 21.5 Å². The molecule has 0 aliphatic carbocycles. The number of nitrogens with zero attached hydrogens (tertiary/aromatic N) is 1. The molecular formula is C16H16N2O4. The Morgan fingerprint density at radius 3 is 2.50 bits per heavy atom. The van der Waals surface area contributed by atoms with E-state index >= 15 is 0 Å². The van der Waals surface area contributed by atoms with Crippen molar-refractivity contribution in [3.05, 3.63) is 64.6 Å². The first-order valence-corrected chi connectivity index (χ1v) is 6.69. The number of anilines is 1. The number of amides is 1. The third kappa shape index (κ3) is 4.05. The first-order valence-electron chi connectivity index (χ1n) is 6.69. The summed E-state index contributed by atoms with van der Waals surface area (Å²) < 4.78 is 5.46. The van der Waals surface area contributed by atoms with Gasteiger partial charge in [0, 0.05) is 17.8 Å². The summed E-state index contributed by atoms with van der Waals surface area (Å²) in [7, 11) is 0. The van der Waals surface area contributed by atoms with Gasteiger partial charge in [0.2, 0.25) is 0 Å². The molecule has 1 N–H and O–H groups in total. The Balaban J connectivity index is 1.89. The van der Waals surface area contributed by atoms with E-state index in [1.54, 1.807) is 6.07 Å². The minimum Gasteiger partial charge on any atom is -0.619 e. The molecule has 0 radical (unpaired) electrons. The average Bonchev–Trinajstić information content (AvgIpc) is 2.48. The van der Waals surface area contributed by atoms with Gasteiger partial charge in [0.15, 0.2) is 19.0 Å². The smallest absolute Gasteiger partial charge is 0.339 e. The number of aryl methyl sites for hydroxylation is 2. The van der Waals surface area contributed by atoms with Crippen LogP contribution in [0.25, 0.3) is 0 Å². The number of benzene rings is 1. The minimum absolute atomic E-state index is 0.214. The van der Waals surface area contributed by atoms with Crippen molar-refractivity contribution in [1.82, 2.24) is 0 Å². The topological polar surface area (TPSA) is 82.3 Å². The summed E-state index contributed by atoms with van der Waals surface area (Å²) in [5.74, 6) is -1.08. The first kappa shape index (κ1) is 15.5. The Morgan fingerprint density at radius 1 is 1.18 bits per heavy atom. The largest absolute Gasteiger partial charge is 0.619 e. The predicted molar refractivity (Wildman–Crippen MR) is 80.2 cm³/mol. The maximum absolute atomic E-state index is 11.8. The van der Waals surface area contributed by atoms with Gasteiger partial charge in [-0.05, 0) is 25.5 Å². The molecule has 0 spiro atoms. The molecule has 0 aliphatic rings. The monoisotopic (exact) mass is 300 g/mol. The molecule has 0 aliphatic heterocycles. The number of pyridine rings is 1. The SMILES string of the molecule is Cc1ccc(NC(=O)COC(=O)c2cc[n+]([O-])cc2)c(C)c1. The van der Waals surface area contributed by atoms with Gasteiger partial charge in [-0.1, -0.05) is 17.7 Å². The van der Waals surface area contributed by atoms with Crippen molar-refractivity contribution < 1.29 is 19.1 Å². The summed E-state index contributed by atoms with van der Waals surface area (Å²) in [4.78, 5) is 23.5. The molecule has 0 saturated carbocycles. The predicted octanol–water partition coefficient (Wildman–Crippen LogP) is 1.73. The van der Waals surface area contributed by atoms with E-state index in [2.05, 4.69) is 5.32 Å². The molecule has 6 heteroatoms. The van der Waals surface area contributed by atoms with Gasteiger partial charge < -0.3 is 15.3 Å². The Hall–Kier alpha value is -2.89. The van der Waals surface area contributed by atoms with Crippen LogP contribution in [0, 0.1) is 19.1 Å². The van der Waals surface area contributed by atoms with Crippen LogP contribution in [0.4, 0.5) is 5.69 Å². The maximum atomic E-state index is 11.8. The van der Waals surface area contributed by atoms with Crippen LogP contribution >= 0.6 is 0 Å². The van der Waals surface area contributed by atoms with Gasteiger partial charge in [0.25, 0.3) is 5.91 Å². The Morgan fingerprint density at radius 2 is 1.86 bits per heavy atom. The molecule has 0 atom stereocenters. The normalized spacial score (nSPS) is 10.1. The Bertz CT molecular complexity index is 696. The van der Waals surface area contributed by atoms with Crippen molar-refractivity contribution in [2.45, 2.75) is 13.8 Å². The third-order valence-electron chi connectivity index (χ3n) is 3.03. The molecule has 2 aromatic rings. The highest BCUT2D eigenvalue weighted by Gasteiger charge is 2.12. The summed E-state index contributed by atoms with van der Waals surface area (Å²) in [6, 6.07) is 8.30. The van der Waals surface area contributed by atoms with Crippen molar-refractivity contribution in [1.29, 1.82) is 0 Å². The van der Waals surface area contributed by atoms with Crippen LogP contribution in [0.15, 0.2) is 42.7 Å². The summed E-state index contributed by atoms with van der Waals surface area (Å²) in [6.07, 6.45) is 2.37. The van der Waals surface area contributed by atoms with Gasteiger partial charge in [-0.25, -0.2) is 4.79 Å². The zero-order chi connectivity index (χ0) is 16.1. The number of hydrogen-bond donors (Lipinski definition) is 1. The molecule has 1 amide bonds. The lowest BCUT2D eigenvalue weighted by Crippen LogP contribution is -2.25. The molecule has 1 aromatic carbocycles. The number of carbonyl (C=O) groups is 2. The van der Waals surface area contributed by atoms with Gasteiger partial charge in [0.05, 0.1) is 5.56 Å². The fraction of sp³-hybridized carbons (Fsp3) is 0.188. The van der Waals surface area contributed by atoms with Gasteiger partial charge in [-0.3, -0.25) is 4.79 Å². The zero-order valence-corrected chi connectivity index (χ0v) is 12.3. The van der Waals surface area contributed by atoms with E-state index < -0.39 is 18.5 Å². The number of rotatable bonds is 4. The van der Waals surface area contributed by atoms with Crippen molar-refractivity contribution >= 4 is 17.6 Å². The van der Waals surface area contributed by atoms with E-state index in [4.69, 9.17) is 4.74 Å². The standard InChI is InChI=1S/C16H16N2O4/c1-11-3-4-14(12(2)9-11)17-15(19)10-22-16(20)13-5-7-18(21)8-6-13/h3-9H,10H2,1-2H3,(H,17,19). The average molecular weight is 300 g/mol. The number of ether oxygens (including phenoxy) is 1. The fourth-order valence-electron chi connectivity index (χ4n) is 1.90. The molecule has 1 aromatic heterocycles. The van der Waals surface area contributed by atoms with E-state index in [-0.39, 0.29) is 5.56 Å². The van der Waals surface area contributed by atoms with Crippen molar-refractivity contribution in [3.63, 3.8) is 0 Å². The van der Waals surface area contributed by atoms with E-state index in [0.29, 0.717) is 10.4 Å². The van der Waals surface area contributed by atoms with Crippen LogP contribution in [-0.2, 0) is 9.53 Å². The highest BCUT2D eigenvalue weighted by molar-refractivity contribution is 5.95. The molecule has 6 nitrogen and oxygen atoms in total. The number of nitrogens with one attached hydrogen (secondary N) is 1. The van der Waals surface area contributed by atoms with E-state index in [0.717, 1.165) is 11.1 Å². The number of hydrogen-bond acceptors (Lipinski definition) is 4. The molecular weight excluding hydrogens is 284 g/mol. The van der Waals surface area contributed by atoms with E-state index in [9.17, 15) is 14.8 Å². The van der Waals surface area contributed by atoms with Crippen LogP contribution in [0.5, 0.6) is 0 Å². The molecule has 1 heterocycles. The van der Waals surface area contributed by atoms with Crippen molar-refractivity contribution in [2.24, 2.45) is 0 Å². The van der Waals surface area contributed by atoms with Crippen LogP contribution in [0.2, 0.25) is 0 Å². The highest BCUT2D eigenvalue weighted by atomic mass is 16.5. The maximum Gasteiger partial charge on any atom is 0.339 e. The van der Waals surface area contributed by atoms with Crippen molar-refractivity contribution in [2.75, 3.05) is 11.9 Å². The van der Waals surface area contributed by atoms with Gasteiger partial charge in [-0.15, -0.1) is 0 Å². The molecule has 0 bridgehead atoms. The lowest BCUT2D eigenvalue weighted by molar-refractivity contribution is -0.605. The second kappa shape index (κ2) is 6.71. The lowest BCUT2D eigenvalue weighted by Gasteiger charge is -2.09. The molecule has 0 saturated heterocycles. The van der Waals surface area contributed by atoms with Crippen LogP contribution < -0.4 is 10.0 Å². The molecule has 114 valence electrons. The molecule has 0 unspecified atom stereocenters. The molecule has 22 heavy (non-hydrogen) atoms. The molecule has 2 rings (SSSR count). The summed E-state index contributed by atoms with van der Waals surface area (Å²) in [5, 5.41) is 13.6. The van der Waals surface area contributed by atoms with Gasteiger partial charge in [-0.2, -0.15) is 4.73 Å². The second-order valence-corrected chi connectivity index (χ2v) is 4.89. The Kier molecular flexibility index (Phi) is 4.73. The third-order valence-corrected chi connectivity index (χ3v) is 3.03. The van der Waals surface area contributed by atoms with Crippen LogP contribution in [-0.4, -0.2) is 18.5 Å². The summed E-state index contributed by atoms with van der Waals surface area (Å²) >= 11 is 0. The van der Waals surface area contributed by atoms with Gasteiger partial charge >= 0.3 is 5.97 Å². The van der Waals surface area contributed by atoms with E-state index in [1.807, 2.05) is 26.0 Å². The van der Waals surface area contributed by atoms with Crippen molar-refractivity contribution in [3.8, 4) is 0 Å². The van der Waals surface area contributed by atoms with Crippen LogP contribution in [0.3, 0.4) is 0 Å². The van der Waals surface area contributed by atoms with Gasteiger partial charge in [0.1, 0.15) is 0 Å². The zero-order valence-electron chi connectivity index (χ0n) is 12.3. The quantitative estimate of drug-likeness (QED) is 0.529. The Labute approximate surface area is 127 Å². The summed E-state index contributed by atoms with van der Waals surface area (Å²) in [5.41, 5.74) is 2.93. The number of carbonyl (C=O) groups excluding carboxylic acids is 2. The fourth-order valence-corrected chi connectivity index (χ4v) is 1.90. The first-order chi connectivity index (χ1) is 10.5. The minimum atomic E-state index is -0.656. The second-order valence-electron chi connectivity index (χ2n) is 4.89. The number of aromatic nitrogens is 1. The summed E-state index contributed by atoms with van der Waals surface area (Å²) in [6.45, 7) is 3.46. The number of esters is 1.